The van der Waals surface area contributed by atoms with Crippen molar-refractivity contribution >= 4 is 17.6 Å². The van der Waals surface area contributed by atoms with Crippen molar-refractivity contribution in [2.45, 2.75) is 6.92 Å². The van der Waals surface area contributed by atoms with Crippen LogP contribution in [-0.4, -0.2) is 22.2 Å². The number of halogens is 1. The molecule has 0 atom stereocenters. The molecule has 0 amide bonds. The molecular formula is C6H8ClN3O2. The predicted octanol–water partition coefficient (Wildman–Crippen LogP) is 0.427. The molecule has 6 heteroatoms. The fourth-order valence-electron chi connectivity index (χ4n) is 0.727. The van der Waals surface area contributed by atoms with Crippen molar-refractivity contribution in [1.29, 1.82) is 0 Å². The van der Waals surface area contributed by atoms with Gasteiger partial charge in [-0.25, -0.2) is 14.5 Å². The van der Waals surface area contributed by atoms with Crippen molar-refractivity contribution in [1.82, 2.24) is 9.66 Å². The zero-order chi connectivity index (χ0) is 9.14. The van der Waals surface area contributed by atoms with Gasteiger partial charge >= 0.3 is 5.97 Å². The largest absolute Gasteiger partial charge is 0.461 e. The number of ether oxygens (including phenoxy) is 1. The normalized spacial score (nSPS) is 9.83. The number of esters is 1. The molecule has 0 aliphatic heterocycles. The number of hydrogen-bond acceptors (Lipinski definition) is 4. The number of carbonyl (C=O) groups is 1. The molecule has 1 aromatic rings. The highest BCUT2D eigenvalue weighted by Crippen LogP contribution is 2.12. The van der Waals surface area contributed by atoms with Gasteiger partial charge in [0, 0.05) is 0 Å². The van der Waals surface area contributed by atoms with Crippen molar-refractivity contribution in [3.63, 3.8) is 0 Å². The molecule has 0 aliphatic rings. The quantitative estimate of drug-likeness (QED) is 0.541. The summed E-state index contributed by atoms with van der Waals surface area (Å²) in [6.07, 6.45) is 1.24. The van der Waals surface area contributed by atoms with E-state index in [0.717, 1.165) is 4.68 Å². The van der Waals surface area contributed by atoms with Crippen molar-refractivity contribution in [2.75, 3.05) is 12.4 Å². The minimum atomic E-state index is -0.567. The Labute approximate surface area is 74.1 Å². The maximum atomic E-state index is 11.1. The summed E-state index contributed by atoms with van der Waals surface area (Å²) < 4.78 is 5.71. The molecule has 12 heavy (non-hydrogen) atoms. The molecule has 1 heterocycles. The number of aromatic nitrogens is 2. The molecular weight excluding hydrogens is 182 g/mol. The van der Waals surface area contributed by atoms with Gasteiger partial charge in [0.25, 0.3) is 0 Å². The van der Waals surface area contributed by atoms with E-state index in [0.29, 0.717) is 0 Å². The van der Waals surface area contributed by atoms with Crippen LogP contribution in [0.5, 0.6) is 0 Å². The smallest absolute Gasteiger partial charge is 0.360 e. The Morgan fingerprint density at radius 2 is 2.58 bits per heavy atom. The zero-order valence-electron chi connectivity index (χ0n) is 6.45. The summed E-state index contributed by atoms with van der Waals surface area (Å²) in [5.41, 5.74) is 0.0681. The summed E-state index contributed by atoms with van der Waals surface area (Å²) >= 11 is 5.56. The molecule has 1 rings (SSSR count). The Hall–Kier alpha value is -1.23. The molecule has 66 valence electrons. The van der Waals surface area contributed by atoms with Gasteiger partial charge in [0.1, 0.15) is 6.33 Å². The van der Waals surface area contributed by atoms with Crippen molar-refractivity contribution in [2.24, 2.45) is 0 Å². The molecule has 0 saturated carbocycles. The van der Waals surface area contributed by atoms with Crippen LogP contribution in [0.3, 0.4) is 0 Å². The lowest BCUT2D eigenvalue weighted by Gasteiger charge is -2.01. The Morgan fingerprint density at radius 3 is 3.00 bits per heavy atom. The summed E-state index contributed by atoms with van der Waals surface area (Å²) in [5, 5.41) is 0.0518. The average molecular weight is 190 g/mol. The van der Waals surface area contributed by atoms with Crippen molar-refractivity contribution in [3.05, 3.63) is 17.2 Å². The van der Waals surface area contributed by atoms with Gasteiger partial charge in [-0.2, -0.15) is 0 Å². The second-order valence-corrected chi connectivity index (χ2v) is 2.37. The summed E-state index contributed by atoms with van der Waals surface area (Å²) in [4.78, 5) is 14.7. The molecule has 2 N–H and O–H groups in total. The first-order chi connectivity index (χ1) is 5.66. The summed E-state index contributed by atoms with van der Waals surface area (Å²) in [7, 11) is 0. The van der Waals surface area contributed by atoms with Crippen LogP contribution >= 0.6 is 11.6 Å². The zero-order valence-corrected chi connectivity index (χ0v) is 7.21. The van der Waals surface area contributed by atoms with Crippen molar-refractivity contribution < 1.29 is 9.53 Å². The Kier molecular flexibility index (Phi) is 2.54. The monoisotopic (exact) mass is 189 g/mol. The lowest BCUT2D eigenvalue weighted by atomic mass is 10.5. The van der Waals surface area contributed by atoms with Gasteiger partial charge < -0.3 is 10.6 Å². The van der Waals surface area contributed by atoms with Gasteiger partial charge in [0.2, 0.25) is 0 Å². The number of hydrogen-bond donors (Lipinski definition) is 1. The van der Waals surface area contributed by atoms with Gasteiger partial charge in [-0.3, -0.25) is 0 Å². The maximum Gasteiger partial charge on any atom is 0.360 e. The predicted molar refractivity (Wildman–Crippen MR) is 43.3 cm³/mol. The number of rotatable bonds is 2. The first kappa shape index (κ1) is 8.86. The lowest BCUT2D eigenvalue weighted by Crippen LogP contribution is -2.17. The van der Waals surface area contributed by atoms with E-state index in [2.05, 4.69) is 9.72 Å². The third kappa shape index (κ3) is 1.50. The highest BCUT2D eigenvalue weighted by atomic mass is 35.5. The fraction of sp³-hybridized carbons (Fsp3) is 0.333. The van der Waals surface area contributed by atoms with E-state index < -0.39 is 5.97 Å². The van der Waals surface area contributed by atoms with Crippen molar-refractivity contribution in [3.8, 4) is 0 Å². The number of nitrogen functional groups attached to an aromatic ring is 1. The minimum absolute atomic E-state index is 0.0518. The number of nitrogens with zero attached hydrogens (tertiary/aromatic N) is 2. The standard InChI is InChI=1S/C6H8ClN3O2/c1-2-12-6(11)4-5(7)9-3-10(4)8/h3H,2,8H2,1H3. The van der Waals surface area contributed by atoms with Crippen LogP contribution in [0.2, 0.25) is 5.15 Å². The third-order valence-corrected chi connectivity index (χ3v) is 1.49. The van der Waals surface area contributed by atoms with E-state index in [1.807, 2.05) is 0 Å². The SMILES string of the molecule is CCOC(=O)c1c(Cl)ncn1N. The van der Waals surface area contributed by atoms with Crippen LogP contribution in [0.15, 0.2) is 6.33 Å². The van der Waals surface area contributed by atoms with Crippen LogP contribution < -0.4 is 5.84 Å². The highest BCUT2D eigenvalue weighted by molar-refractivity contribution is 6.32. The maximum absolute atomic E-state index is 11.1. The molecule has 5 nitrogen and oxygen atoms in total. The van der Waals surface area contributed by atoms with E-state index in [9.17, 15) is 4.79 Å². The summed E-state index contributed by atoms with van der Waals surface area (Å²) in [5.74, 6) is 4.77. The molecule has 0 aliphatic carbocycles. The Bertz CT molecular complexity index is 277. The second-order valence-electron chi connectivity index (χ2n) is 2.01. The molecule has 0 unspecified atom stereocenters. The Balaban J connectivity index is 2.93. The van der Waals surface area contributed by atoms with E-state index in [1.54, 1.807) is 6.92 Å². The third-order valence-electron chi connectivity index (χ3n) is 1.22. The fourth-order valence-corrected chi connectivity index (χ4v) is 0.946. The minimum Gasteiger partial charge on any atom is -0.461 e. The van der Waals surface area contributed by atoms with Gasteiger partial charge in [-0.1, -0.05) is 11.6 Å². The number of imidazole rings is 1. The summed E-state index contributed by atoms with van der Waals surface area (Å²) in [6, 6.07) is 0. The van der Waals surface area contributed by atoms with Crippen LogP contribution in [-0.2, 0) is 4.74 Å². The van der Waals surface area contributed by atoms with E-state index in [1.165, 1.54) is 6.33 Å². The average Bonchev–Trinajstić information content (AvgIpc) is 2.32. The molecule has 0 fully saturated rings. The van der Waals surface area contributed by atoms with Gasteiger partial charge in [0.15, 0.2) is 10.8 Å². The topological polar surface area (TPSA) is 70.1 Å². The van der Waals surface area contributed by atoms with Gasteiger partial charge in [0.05, 0.1) is 6.61 Å². The molecule has 1 aromatic heterocycles. The lowest BCUT2D eigenvalue weighted by molar-refractivity contribution is 0.0516. The van der Waals surface area contributed by atoms with Crippen LogP contribution in [0, 0.1) is 0 Å². The molecule has 0 saturated heterocycles. The van der Waals surface area contributed by atoms with Gasteiger partial charge in [-0.15, -0.1) is 0 Å². The van der Waals surface area contributed by atoms with E-state index >= 15 is 0 Å². The molecule has 0 aromatic carbocycles. The van der Waals surface area contributed by atoms with Gasteiger partial charge in [-0.05, 0) is 6.92 Å². The first-order valence-electron chi connectivity index (χ1n) is 3.31. The van der Waals surface area contributed by atoms with E-state index in [-0.39, 0.29) is 17.5 Å². The number of carbonyl (C=O) groups excluding carboxylic acids is 1. The van der Waals surface area contributed by atoms with E-state index in [4.69, 9.17) is 17.4 Å². The first-order valence-corrected chi connectivity index (χ1v) is 3.69. The highest BCUT2D eigenvalue weighted by Gasteiger charge is 2.16. The Morgan fingerprint density at radius 1 is 1.92 bits per heavy atom. The molecule has 0 radical (unpaired) electrons. The van der Waals surface area contributed by atoms with Crippen LogP contribution in [0.4, 0.5) is 0 Å². The molecule has 0 bridgehead atoms. The number of nitrogens with two attached hydrogens (primary N) is 1. The van der Waals surface area contributed by atoms with Crippen LogP contribution in [0.25, 0.3) is 0 Å². The second kappa shape index (κ2) is 3.44. The summed E-state index contributed by atoms with van der Waals surface area (Å²) in [6.45, 7) is 1.98. The molecule has 0 spiro atoms. The van der Waals surface area contributed by atoms with Crippen LogP contribution in [0.1, 0.15) is 17.4 Å².